The van der Waals surface area contributed by atoms with Gasteiger partial charge in [-0.3, -0.25) is 0 Å². The second-order valence-electron chi connectivity index (χ2n) is 4.37. The Morgan fingerprint density at radius 3 is 2.12 bits per heavy atom. The Bertz CT molecular complexity index is 356. The summed E-state index contributed by atoms with van der Waals surface area (Å²) in [6, 6.07) is 5.49. The van der Waals surface area contributed by atoms with Crippen molar-refractivity contribution in [2.45, 2.75) is 26.4 Å². The van der Waals surface area contributed by atoms with Gasteiger partial charge in [-0.2, -0.15) is 0 Å². The molecule has 0 aromatic heterocycles. The van der Waals surface area contributed by atoms with E-state index in [1.165, 1.54) is 0 Å². The zero-order chi connectivity index (χ0) is 12.3. The predicted molar refractivity (Wildman–Crippen MR) is 64.0 cm³/mol. The highest BCUT2D eigenvalue weighted by molar-refractivity contribution is 5.44. The Hall–Kier alpha value is -1.22. The first kappa shape index (κ1) is 12.8. The molecule has 0 saturated carbocycles. The van der Waals surface area contributed by atoms with Crippen LogP contribution in [0.25, 0.3) is 0 Å². The molecule has 0 aliphatic rings. The smallest absolute Gasteiger partial charge is 0.161 e. The second kappa shape index (κ2) is 4.74. The zero-order valence-electron chi connectivity index (χ0n) is 10.6. The molecule has 0 aliphatic carbocycles. The molecule has 3 heteroatoms. The first-order valence-electron chi connectivity index (χ1n) is 5.38. The van der Waals surface area contributed by atoms with E-state index in [1.807, 2.05) is 32.0 Å². The van der Waals surface area contributed by atoms with Crippen molar-refractivity contribution < 1.29 is 14.6 Å². The fraction of sp³-hybridized carbons (Fsp3) is 0.538. The number of rotatable bonds is 4. The van der Waals surface area contributed by atoms with E-state index >= 15 is 0 Å². The van der Waals surface area contributed by atoms with Gasteiger partial charge in [-0.05, 0) is 30.5 Å². The molecule has 0 unspecified atom stereocenters. The molecule has 0 radical (unpaired) electrons. The van der Waals surface area contributed by atoms with Gasteiger partial charge in [-0.25, -0.2) is 0 Å². The summed E-state index contributed by atoms with van der Waals surface area (Å²) >= 11 is 0. The molecule has 0 heterocycles. The zero-order valence-corrected chi connectivity index (χ0v) is 10.6. The van der Waals surface area contributed by atoms with Crippen LogP contribution in [-0.4, -0.2) is 19.3 Å². The molecule has 1 aromatic carbocycles. The maximum atomic E-state index is 10.4. The number of aliphatic hydroxyl groups is 1. The number of ether oxygens (including phenoxy) is 2. The lowest BCUT2D eigenvalue weighted by Crippen LogP contribution is -2.27. The van der Waals surface area contributed by atoms with Crippen molar-refractivity contribution in [3.05, 3.63) is 23.8 Å². The van der Waals surface area contributed by atoms with E-state index in [2.05, 4.69) is 0 Å². The van der Waals surface area contributed by atoms with Crippen molar-refractivity contribution in [1.82, 2.24) is 0 Å². The molecule has 1 aromatic rings. The Labute approximate surface area is 97.0 Å². The SMILES string of the molecule is COc1ccc([C@@](C)(O)C(C)C)cc1OC. The van der Waals surface area contributed by atoms with Crippen LogP contribution < -0.4 is 9.47 Å². The van der Waals surface area contributed by atoms with E-state index in [1.54, 1.807) is 21.1 Å². The van der Waals surface area contributed by atoms with Crippen molar-refractivity contribution in [3.8, 4) is 11.5 Å². The third-order valence-corrected chi connectivity index (χ3v) is 3.09. The van der Waals surface area contributed by atoms with E-state index in [0.29, 0.717) is 11.5 Å². The van der Waals surface area contributed by atoms with Crippen LogP contribution in [0.15, 0.2) is 18.2 Å². The Morgan fingerprint density at radius 2 is 1.69 bits per heavy atom. The van der Waals surface area contributed by atoms with Crippen molar-refractivity contribution in [2.24, 2.45) is 5.92 Å². The van der Waals surface area contributed by atoms with Crippen molar-refractivity contribution in [2.75, 3.05) is 14.2 Å². The summed E-state index contributed by atoms with van der Waals surface area (Å²) in [4.78, 5) is 0. The van der Waals surface area contributed by atoms with Crippen LogP contribution in [0.5, 0.6) is 11.5 Å². The lowest BCUT2D eigenvalue weighted by Gasteiger charge is -2.28. The maximum Gasteiger partial charge on any atom is 0.161 e. The molecule has 1 atom stereocenters. The lowest BCUT2D eigenvalue weighted by atomic mass is 9.85. The molecule has 16 heavy (non-hydrogen) atoms. The van der Waals surface area contributed by atoms with Gasteiger partial charge in [0.05, 0.1) is 19.8 Å². The quantitative estimate of drug-likeness (QED) is 0.854. The van der Waals surface area contributed by atoms with E-state index in [9.17, 15) is 5.11 Å². The highest BCUT2D eigenvalue weighted by atomic mass is 16.5. The molecule has 1 N–H and O–H groups in total. The van der Waals surface area contributed by atoms with E-state index < -0.39 is 5.60 Å². The second-order valence-corrected chi connectivity index (χ2v) is 4.37. The van der Waals surface area contributed by atoms with Gasteiger partial charge in [-0.15, -0.1) is 0 Å². The number of benzene rings is 1. The molecule has 0 amide bonds. The van der Waals surface area contributed by atoms with Gasteiger partial charge in [0.25, 0.3) is 0 Å². The van der Waals surface area contributed by atoms with Gasteiger partial charge < -0.3 is 14.6 Å². The normalized spacial score (nSPS) is 14.7. The Balaban J connectivity index is 3.17. The van der Waals surface area contributed by atoms with Gasteiger partial charge in [-0.1, -0.05) is 19.9 Å². The summed E-state index contributed by atoms with van der Waals surface area (Å²) in [6.45, 7) is 5.77. The molecule has 0 aliphatic heterocycles. The number of methoxy groups -OCH3 is 2. The van der Waals surface area contributed by atoms with Gasteiger partial charge in [0, 0.05) is 0 Å². The first-order valence-corrected chi connectivity index (χ1v) is 5.38. The third kappa shape index (κ3) is 2.30. The van der Waals surface area contributed by atoms with Crippen molar-refractivity contribution in [3.63, 3.8) is 0 Å². The molecule has 3 nitrogen and oxygen atoms in total. The average molecular weight is 224 g/mol. The van der Waals surface area contributed by atoms with Crippen molar-refractivity contribution >= 4 is 0 Å². The minimum atomic E-state index is -0.862. The highest BCUT2D eigenvalue weighted by Gasteiger charge is 2.28. The highest BCUT2D eigenvalue weighted by Crippen LogP contribution is 2.35. The summed E-state index contributed by atoms with van der Waals surface area (Å²) in [5.41, 5.74) is -0.0281. The van der Waals surface area contributed by atoms with Gasteiger partial charge >= 0.3 is 0 Å². The largest absolute Gasteiger partial charge is 0.493 e. The Kier molecular flexibility index (Phi) is 3.81. The minimum Gasteiger partial charge on any atom is -0.493 e. The molecular formula is C13H20O3. The van der Waals surface area contributed by atoms with Crippen LogP contribution in [0.3, 0.4) is 0 Å². The summed E-state index contributed by atoms with van der Waals surface area (Å²) in [6.07, 6.45) is 0. The fourth-order valence-electron chi connectivity index (χ4n) is 1.48. The minimum absolute atomic E-state index is 0.130. The summed E-state index contributed by atoms with van der Waals surface area (Å²) in [5.74, 6) is 1.44. The van der Waals surface area contributed by atoms with Gasteiger partial charge in [0.15, 0.2) is 11.5 Å². The summed E-state index contributed by atoms with van der Waals surface area (Å²) in [7, 11) is 3.18. The van der Waals surface area contributed by atoms with Crippen LogP contribution in [0, 0.1) is 5.92 Å². The van der Waals surface area contributed by atoms with Crippen LogP contribution in [-0.2, 0) is 5.60 Å². The topological polar surface area (TPSA) is 38.7 Å². The molecule has 1 rings (SSSR count). The summed E-state index contributed by atoms with van der Waals surface area (Å²) < 4.78 is 10.4. The molecule has 0 bridgehead atoms. The van der Waals surface area contributed by atoms with Gasteiger partial charge in [0.2, 0.25) is 0 Å². The van der Waals surface area contributed by atoms with Gasteiger partial charge in [0.1, 0.15) is 0 Å². The molecular weight excluding hydrogens is 204 g/mol. The van der Waals surface area contributed by atoms with Crippen LogP contribution in [0.2, 0.25) is 0 Å². The van der Waals surface area contributed by atoms with E-state index in [4.69, 9.17) is 9.47 Å². The lowest BCUT2D eigenvalue weighted by molar-refractivity contribution is 0.00883. The van der Waals surface area contributed by atoms with Crippen LogP contribution in [0.1, 0.15) is 26.3 Å². The molecule has 0 fully saturated rings. The summed E-state index contributed by atoms with van der Waals surface area (Å²) in [5, 5.41) is 10.4. The monoisotopic (exact) mass is 224 g/mol. The molecule has 90 valence electrons. The molecule has 0 spiro atoms. The first-order chi connectivity index (χ1) is 7.43. The van der Waals surface area contributed by atoms with Crippen LogP contribution >= 0.6 is 0 Å². The predicted octanol–water partition coefficient (Wildman–Crippen LogP) is 2.57. The number of hydrogen-bond donors (Lipinski definition) is 1. The maximum absolute atomic E-state index is 10.4. The van der Waals surface area contributed by atoms with E-state index in [-0.39, 0.29) is 5.92 Å². The van der Waals surface area contributed by atoms with E-state index in [0.717, 1.165) is 5.56 Å². The van der Waals surface area contributed by atoms with Crippen molar-refractivity contribution in [1.29, 1.82) is 0 Å². The average Bonchev–Trinajstić information content (AvgIpc) is 2.27. The number of hydrogen-bond acceptors (Lipinski definition) is 3. The fourth-order valence-corrected chi connectivity index (χ4v) is 1.48. The Morgan fingerprint density at radius 1 is 1.12 bits per heavy atom. The third-order valence-electron chi connectivity index (χ3n) is 3.09. The standard InChI is InChI=1S/C13H20O3/c1-9(2)13(3,14)10-6-7-11(15-4)12(8-10)16-5/h6-9,14H,1-5H3/t13-/m0/s1. The van der Waals surface area contributed by atoms with Crippen LogP contribution in [0.4, 0.5) is 0 Å². The molecule has 0 saturated heterocycles.